The smallest absolute Gasteiger partial charge is 0.305 e. The van der Waals surface area contributed by atoms with E-state index in [0.29, 0.717) is 29.2 Å². The zero-order valence-electron chi connectivity index (χ0n) is 24.1. The number of nitrogens with zero attached hydrogens (tertiary/aromatic N) is 1. The average Bonchev–Trinajstić information content (AvgIpc) is 2.98. The highest BCUT2D eigenvalue weighted by Gasteiger charge is 2.38. The number of ether oxygens (including phenoxy) is 2. The number of rotatable bonds is 12. The van der Waals surface area contributed by atoms with Gasteiger partial charge >= 0.3 is 5.97 Å². The second kappa shape index (κ2) is 14.3. The summed E-state index contributed by atoms with van der Waals surface area (Å²) in [5, 5.41) is 13.9. The van der Waals surface area contributed by atoms with Gasteiger partial charge in [0.1, 0.15) is 0 Å². The van der Waals surface area contributed by atoms with Crippen LogP contribution < -0.4 is 20.2 Å². The van der Waals surface area contributed by atoms with Gasteiger partial charge < -0.3 is 19.9 Å². The van der Waals surface area contributed by atoms with Crippen LogP contribution in [0.4, 0.5) is 5.69 Å². The maximum Gasteiger partial charge on any atom is 0.305 e. The highest BCUT2D eigenvalue weighted by molar-refractivity contribution is 5.94. The van der Waals surface area contributed by atoms with Crippen molar-refractivity contribution < 1.29 is 29.0 Å². The van der Waals surface area contributed by atoms with Gasteiger partial charge in [0.15, 0.2) is 11.5 Å². The minimum absolute atomic E-state index is 0.0220. The van der Waals surface area contributed by atoms with Crippen LogP contribution in [-0.2, 0) is 20.8 Å². The number of amides is 2. The molecule has 3 N–H and O–H groups in total. The van der Waals surface area contributed by atoms with Crippen LogP contribution in [0.1, 0.15) is 48.9 Å². The second-order valence-corrected chi connectivity index (χ2v) is 10.4. The lowest BCUT2D eigenvalue weighted by atomic mass is 9.91. The SMILES string of the molecule is COc1ccc([C@H](CC(=O)O)N2NC(C)CC(CC(=O)Nc3ccc(C=CCc4ccccc4)cc3)C2=O)cc1OC. The summed E-state index contributed by atoms with van der Waals surface area (Å²) < 4.78 is 10.7. The lowest BCUT2D eigenvalue weighted by Crippen LogP contribution is -2.57. The molecular weight excluding hydrogens is 534 g/mol. The third kappa shape index (κ3) is 7.98. The highest BCUT2D eigenvalue weighted by atomic mass is 16.5. The van der Waals surface area contributed by atoms with Gasteiger partial charge in [-0.3, -0.25) is 19.4 Å². The fourth-order valence-electron chi connectivity index (χ4n) is 5.13. The van der Waals surface area contributed by atoms with Gasteiger partial charge in [0, 0.05) is 24.1 Å². The first kappa shape index (κ1) is 30.3. The van der Waals surface area contributed by atoms with Crippen LogP contribution in [0.3, 0.4) is 0 Å². The van der Waals surface area contributed by atoms with Crippen LogP contribution in [0.25, 0.3) is 6.08 Å². The van der Waals surface area contributed by atoms with Gasteiger partial charge in [0.25, 0.3) is 0 Å². The summed E-state index contributed by atoms with van der Waals surface area (Å²) >= 11 is 0. The van der Waals surface area contributed by atoms with Gasteiger partial charge in [0.2, 0.25) is 11.8 Å². The molecule has 4 rings (SSSR count). The Bertz CT molecular complexity index is 1410. The number of carbonyl (C=O) groups is 3. The van der Waals surface area contributed by atoms with Gasteiger partial charge in [-0.1, -0.05) is 60.7 Å². The normalized spacial score (nSPS) is 17.6. The molecule has 0 radical (unpaired) electrons. The van der Waals surface area contributed by atoms with Crippen molar-refractivity contribution in [3.63, 3.8) is 0 Å². The van der Waals surface area contributed by atoms with Crippen molar-refractivity contribution in [2.45, 2.75) is 44.7 Å². The second-order valence-electron chi connectivity index (χ2n) is 10.4. The maximum absolute atomic E-state index is 13.6. The Kier molecular flexibility index (Phi) is 10.3. The topological polar surface area (TPSA) is 117 Å². The number of nitrogens with one attached hydrogen (secondary N) is 2. The number of anilines is 1. The number of carboxylic acid groups (broad SMARTS) is 1. The molecular formula is C33H37N3O6. The lowest BCUT2D eigenvalue weighted by Gasteiger charge is -2.41. The van der Waals surface area contributed by atoms with E-state index in [2.05, 4.69) is 29.0 Å². The number of allylic oxidation sites excluding steroid dienone is 1. The molecule has 1 aliphatic rings. The number of carbonyl (C=O) groups excluding carboxylic acids is 2. The predicted octanol–water partition coefficient (Wildman–Crippen LogP) is 5.25. The number of carboxylic acids is 1. The molecule has 0 aliphatic carbocycles. The Morgan fingerprint density at radius 1 is 1.05 bits per heavy atom. The van der Waals surface area contributed by atoms with Gasteiger partial charge in [0.05, 0.1) is 26.7 Å². The van der Waals surface area contributed by atoms with Crippen LogP contribution in [-0.4, -0.2) is 48.2 Å². The van der Waals surface area contributed by atoms with E-state index < -0.39 is 17.9 Å². The van der Waals surface area contributed by atoms with Crippen molar-refractivity contribution in [2.75, 3.05) is 19.5 Å². The van der Waals surface area contributed by atoms with E-state index in [1.165, 1.54) is 24.8 Å². The van der Waals surface area contributed by atoms with Crippen LogP contribution in [0.2, 0.25) is 0 Å². The Hall–Kier alpha value is -4.63. The van der Waals surface area contributed by atoms with E-state index in [4.69, 9.17) is 9.47 Å². The van der Waals surface area contributed by atoms with Gasteiger partial charge in [-0.05, 0) is 60.7 Å². The third-order valence-corrected chi connectivity index (χ3v) is 7.19. The van der Waals surface area contributed by atoms with Crippen molar-refractivity contribution in [3.8, 4) is 11.5 Å². The summed E-state index contributed by atoms with van der Waals surface area (Å²) in [6.07, 6.45) is 5.06. The Morgan fingerprint density at radius 3 is 2.43 bits per heavy atom. The largest absolute Gasteiger partial charge is 0.493 e. The fourth-order valence-corrected chi connectivity index (χ4v) is 5.13. The van der Waals surface area contributed by atoms with E-state index in [1.54, 1.807) is 18.2 Å². The lowest BCUT2D eigenvalue weighted by molar-refractivity contribution is -0.152. The number of hydrogen-bond acceptors (Lipinski definition) is 6. The van der Waals surface area contributed by atoms with Crippen LogP contribution >= 0.6 is 0 Å². The molecule has 3 aromatic rings. The molecule has 1 heterocycles. The Morgan fingerprint density at radius 2 is 1.76 bits per heavy atom. The number of hydrogen-bond donors (Lipinski definition) is 3. The summed E-state index contributed by atoms with van der Waals surface area (Å²) in [6.45, 7) is 1.90. The van der Waals surface area contributed by atoms with Crippen molar-refractivity contribution >= 4 is 29.5 Å². The van der Waals surface area contributed by atoms with Crippen LogP contribution in [0.5, 0.6) is 11.5 Å². The number of benzene rings is 3. The first-order chi connectivity index (χ1) is 20.3. The summed E-state index contributed by atoms with van der Waals surface area (Å²) in [7, 11) is 3.00. The minimum Gasteiger partial charge on any atom is -0.493 e. The van der Waals surface area contributed by atoms with E-state index >= 15 is 0 Å². The number of hydrazine groups is 1. The molecule has 3 atom stereocenters. The maximum atomic E-state index is 13.6. The molecule has 1 fully saturated rings. The van der Waals surface area contributed by atoms with Crippen molar-refractivity contribution in [1.29, 1.82) is 0 Å². The molecule has 0 saturated carbocycles. The molecule has 220 valence electrons. The van der Waals surface area contributed by atoms with E-state index in [-0.39, 0.29) is 30.7 Å². The molecule has 0 bridgehead atoms. The first-order valence-corrected chi connectivity index (χ1v) is 13.9. The fraction of sp³-hybridized carbons (Fsp3) is 0.303. The summed E-state index contributed by atoms with van der Waals surface area (Å²) in [5.41, 5.74) is 6.59. The zero-order valence-corrected chi connectivity index (χ0v) is 24.1. The number of methoxy groups -OCH3 is 2. The van der Waals surface area contributed by atoms with Crippen molar-refractivity contribution in [1.82, 2.24) is 10.4 Å². The van der Waals surface area contributed by atoms with Crippen molar-refractivity contribution in [2.24, 2.45) is 5.92 Å². The summed E-state index contributed by atoms with van der Waals surface area (Å²) in [5.74, 6) is -1.36. The molecule has 2 amide bonds. The standard InChI is InChI=1S/C33H37N3O6/c1-22-18-26(20-31(37)34-27-15-12-24(13-16-27)11-7-10-23-8-5-4-6-9-23)33(40)36(35-22)28(21-32(38)39)25-14-17-29(41-2)30(19-25)42-3/h4-9,11-17,19,22,26,28,35H,10,18,20-21H2,1-3H3,(H,34,37)(H,38,39)/t22?,26?,28-/m0/s1. The summed E-state index contributed by atoms with van der Waals surface area (Å²) in [4.78, 5) is 38.4. The van der Waals surface area contributed by atoms with Gasteiger partial charge in [-0.15, -0.1) is 0 Å². The minimum atomic E-state index is -1.06. The molecule has 0 aromatic heterocycles. The van der Waals surface area contributed by atoms with Gasteiger partial charge in [-0.25, -0.2) is 5.43 Å². The first-order valence-electron chi connectivity index (χ1n) is 13.9. The van der Waals surface area contributed by atoms with Gasteiger partial charge in [-0.2, -0.15) is 0 Å². The molecule has 3 aromatic carbocycles. The Balaban J connectivity index is 1.41. The van der Waals surface area contributed by atoms with Crippen LogP contribution in [0, 0.1) is 5.92 Å². The monoisotopic (exact) mass is 571 g/mol. The van der Waals surface area contributed by atoms with E-state index in [9.17, 15) is 19.5 Å². The van der Waals surface area contributed by atoms with Crippen molar-refractivity contribution in [3.05, 3.63) is 95.6 Å². The zero-order chi connectivity index (χ0) is 30.1. The molecule has 1 saturated heterocycles. The van der Waals surface area contributed by atoms with E-state index in [1.807, 2.05) is 55.5 Å². The molecule has 0 spiro atoms. The molecule has 2 unspecified atom stereocenters. The Labute approximate surface area is 246 Å². The van der Waals surface area contributed by atoms with E-state index in [0.717, 1.165) is 12.0 Å². The third-order valence-electron chi connectivity index (χ3n) is 7.19. The highest BCUT2D eigenvalue weighted by Crippen LogP contribution is 2.35. The molecule has 42 heavy (non-hydrogen) atoms. The molecule has 9 heteroatoms. The predicted molar refractivity (Wildman–Crippen MR) is 161 cm³/mol. The summed E-state index contributed by atoms with van der Waals surface area (Å²) in [6, 6.07) is 21.8. The average molecular weight is 572 g/mol. The van der Waals surface area contributed by atoms with Crippen LogP contribution in [0.15, 0.2) is 78.9 Å². The number of aliphatic carboxylic acids is 1. The molecule has 9 nitrogen and oxygen atoms in total. The quantitative estimate of drug-likeness (QED) is 0.272. The molecule has 1 aliphatic heterocycles.